The first-order valence-corrected chi connectivity index (χ1v) is 14.5. The predicted molar refractivity (Wildman–Crippen MR) is 145 cm³/mol. The third kappa shape index (κ3) is 5.41. The maximum Gasteiger partial charge on any atom is 0.461 e. The Hall–Kier alpha value is -3.54. The van der Waals surface area contributed by atoms with Crippen molar-refractivity contribution < 1.29 is 36.6 Å². The van der Waals surface area contributed by atoms with E-state index in [4.69, 9.17) is 4.74 Å². The van der Waals surface area contributed by atoms with E-state index >= 15 is 0 Å². The van der Waals surface area contributed by atoms with E-state index < -0.39 is 46.0 Å². The molecule has 1 aliphatic carbocycles. The first-order chi connectivity index (χ1) is 19.0. The van der Waals surface area contributed by atoms with E-state index in [-0.39, 0.29) is 10.6 Å². The van der Waals surface area contributed by atoms with Gasteiger partial charge >= 0.3 is 6.11 Å². The zero-order valence-corrected chi connectivity index (χ0v) is 22.8. The quantitative estimate of drug-likeness (QED) is 0.373. The Labute approximate surface area is 231 Å². The van der Waals surface area contributed by atoms with Crippen LogP contribution >= 0.6 is 0 Å². The van der Waals surface area contributed by atoms with E-state index in [1.165, 1.54) is 13.8 Å². The summed E-state index contributed by atoms with van der Waals surface area (Å²) in [4.78, 5) is 13.5. The first-order valence-electron chi connectivity index (χ1n) is 13.0. The number of alkyl halides is 2. The molecular formula is C29H30F2N2O6S. The summed E-state index contributed by atoms with van der Waals surface area (Å²) < 4.78 is 67.8. The second kappa shape index (κ2) is 10.8. The number of aliphatic hydroxyl groups excluding tert-OH is 1. The Morgan fingerprint density at radius 3 is 2.15 bits per heavy atom. The summed E-state index contributed by atoms with van der Waals surface area (Å²) in [6.07, 6.45) is -3.41. The SMILES string of the molecule is CC(C)C(=O)C(F)(F)Oc1ccc(S(=O)(=O)NC2CCCC(N3c4ccccc4Oc4ccccc43)[C@H]2O)cc1. The van der Waals surface area contributed by atoms with Crippen LogP contribution in [0, 0.1) is 5.92 Å². The number of hydrogen-bond acceptors (Lipinski definition) is 7. The molecule has 0 radical (unpaired) electrons. The fraction of sp³-hybridized carbons (Fsp3) is 0.345. The maximum absolute atomic E-state index is 14.1. The zero-order valence-electron chi connectivity index (χ0n) is 22.0. The van der Waals surface area contributed by atoms with Crippen LogP contribution in [-0.2, 0) is 14.8 Å². The number of sulfonamides is 1. The van der Waals surface area contributed by atoms with Crippen LogP contribution in [0.4, 0.5) is 20.2 Å². The summed E-state index contributed by atoms with van der Waals surface area (Å²) in [5.74, 6) is -1.39. The van der Waals surface area contributed by atoms with Crippen LogP contribution in [0.15, 0.2) is 77.7 Å². The van der Waals surface area contributed by atoms with Gasteiger partial charge in [0, 0.05) is 5.92 Å². The molecule has 5 rings (SSSR count). The highest BCUT2D eigenvalue weighted by Crippen LogP contribution is 2.49. The van der Waals surface area contributed by atoms with Gasteiger partial charge in [0.15, 0.2) is 11.5 Å². The third-order valence-electron chi connectivity index (χ3n) is 7.12. The summed E-state index contributed by atoms with van der Waals surface area (Å²) in [6, 6.07) is 18.1. The minimum atomic E-state index is -4.12. The van der Waals surface area contributed by atoms with Crippen LogP contribution in [-0.4, -0.2) is 43.6 Å². The van der Waals surface area contributed by atoms with Crippen molar-refractivity contribution in [1.29, 1.82) is 0 Å². The van der Waals surface area contributed by atoms with E-state index in [9.17, 15) is 27.1 Å². The highest BCUT2D eigenvalue weighted by Gasteiger charge is 2.43. The van der Waals surface area contributed by atoms with Gasteiger partial charge in [-0.2, -0.15) is 8.78 Å². The van der Waals surface area contributed by atoms with Crippen molar-refractivity contribution in [2.45, 2.75) is 62.3 Å². The number of carbonyl (C=O) groups excluding carboxylic acids is 1. The Balaban J connectivity index is 1.35. The molecule has 0 aromatic heterocycles. The van der Waals surface area contributed by atoms with Gasteiger partial charge in [0.1, 0.15) is 5.75 Å². The lowest BCUT2D eigenvalue weighted by molar-refractivity contribution is -0.193. The van der Waals surface area contributed by atoms with Gasteiger partial charge in [-0.25, -0.2) is 13.1 Å². The number of hydrogen-bond donors (Lipinski definition) is 2. The minimum absolute atomic E-state index is 0.185. The van der Waals surface area contributed by atoms with Crippen LogP contribution in [0.2, 0.25) is 0 Å². The normalized spacial score (nSPS) is 20.9. The fourth-order valence-electron chi connectivity index (χ4n) is 5.15. The molecule has 1 heterocycles. The van der Waals surface area contributed by atoms with Crippen molar-refractivity contribution >= 4 is 27.2 Å². The number of anilines is 2. The van der Waals surface area contributed by atoms with Gasteiger partial charge in [0.2, 0.25) is 15.8 Å². The molecule has 3 aromatic carbocycles. The Morgan fingerprint density at radius 2 is 1.57 bits per heavy atom. The van der Waals surface area contributed by atoms with Gasteiger partial charge in [-0.3, -0.25) is 4.79 Å². The van der Waals surface area contributed by atoms with Crippen LogP contribution in [0.25, 0.3) is 0 Å². The summed E-state index contributed by atoms with van der Waals surface area (Å²) in [5, 5.41) is 11.5. The zero-order chi connectivity index (χ0) is 28.7. The molecule has 0 spiro atoms. The van der Waals surface area contributed by atoms with Crippen molar-refractivity contribution in [2.24, 2.45) is 5.92 Å². The largest absolute Gasteiger partial charge is 0.461 e. The van der Waals surface area contributed by atoms with Crippen molar-refractivity contribution in [3.05, 3.63) is 72.8 Å². The van der Waals surface area contributed by atoms with Crippen molar-refractivity contribution in [1.82, 2.24) is 4.72 Å². The fourth-order valence-corrected chi connectivity index (χ4v) is 6.43. The molecule has 2 unspecified atom stereocenters. The van der Waals surface area contributed by atoms with E-state index in [0.29, 0.717) is 30.8 Å². The van der Waals surface area contributed by atoms with Gasteiger partial charge in [0.25, 0.3) is 0 Å². The van der Waals surface area contributed by atoms with Gasteiger partial charge < -0.3 is 19.5 Å². The van der Waals surface area contributed by atoms with Crippen LogP contribution in [0.5, 0.6) is 17.2 Å². The van der Waals surface area contributed by atoms with Gasteiger partial charge in [-0.15, -0.1) is 0 Å². The molecule has 0 bridgehead atoms. The van der Waals surface area contributed by atoms with Crippen molar-refractivity contribution in [3.63, 3.8) is 0 Å². The molecule has 3 aromatic rings. The lowest BCUT2D eigenvalue weighted by Crippen LogP contribution is -2.56. The minimum Gasteiger partial charge on any atom is -0.453 e. The lowest BCUT2D eigenvalue weighted by Gasteiger charge is -2.44. The molecule has 3 atom stereocenters. The van der Waals surface area contributed by atoms with Crippen LogP contribution in [0.3, 0.4) is 0 Å². The number of ether oxygens (including phenoxy) is 2. The number of Topliss-reactive ketones (excluding diaryl/α,β-unsaturated/α-hetero) is 1. The molecule has 8 nitrogen and oxygen atoms in total. The number of carbonyl (C=O) groups is 1. The predicted octanol–water partition coefficient (Wildman–Crippen LogP) is 5.39. The molecule has 212 valence electrons. The molecule has 1 saturated carbocycles. The smallest absolute Gasteiger partial charge is 0.453 e. The summed E-state index contributed by atoms with van der Waals surface area (Å²) >= 11 is 0. The maximum atomic E-state index is 14.1. The Kier molecular flexibility index (Phi) is 7.56. The molecule has 0 saturated heterocycles. The number of aliphatic hydroxyl groups is 1. The van der Waals surface area contributed by atoms with Crippen molar-refractivity contribution in [2.75, 3.05) is 4.90 Å². The number of rotatable bonds is 8. The average molecular weight is 573 g/mol. The van der Waals surface area contributed by atoms with E-state index in [0.717, 1.165) is 35.6 Å². The molecule has 1 aliphatic heterocycles. The number of ketones is 1. The van der Waals surface area contributed by atoms with E-state index in [1.807, 2.05) is 53.4 Å². The number of halogens is 2. The van der Waals surface area contributed by atoms with Gasteiger partial charge in [-0.05, 0) is 67.8 Å². The summed E-state index contributed by atoms with van der Waals surface area (Å²) in [6.45, 7) is 2.67. The average Bonchev–Trinajstić information content (AvgIpc) is 2.92. The molecule has 11 heteroatoms. The number of fused-ring (bicyclic) bond motifs is 2. The Bertz CT molecular complexity index is 1450. The van der Waals surface area contributed by atoms with Gasteiger partial charge in [0.05, 0.1) is 34.5 Å². The monoisotopic (exact) mass is 572 g/mol. The second-order valence-electron chi connectivity index (χ2n) is 10.2. The molecule has 0 amide bonds. The molecule has 40 heavy (non-hydrogen) atoms. The van der Waals surface area contributed by atoms with Crippen LogP contribution < -0.4 is 19.1 Å². The second-order valence-corrected chi connectivity index (χ2v) is 11.9. The lowest BCUT2D eigenvalue weighted by atomic mass is 9.86. The topological polar surface area (TPSA) is 105 Å². The highest BCUT2D eigenvalue weighted by molar-refractivity contribution is 7.89. The number of nitrogens with zero attached hydrogens (tertiary/aromatic N) is 1. The van der Waals surface area contributed by atoms with Crippen molar-refractivity contribution in [3.8, 4) is 17.2 Å². The molecular weight excluding hydrogens is 542 g/mol. The third-order valence-corrected chi connectivity index (χ3v) is 8.63. The number of para-hydroxylation sites is 4. The highest BCUT2D eigenvalue weighted by atomic mass is 32.2. The van der Waals surface area contributed by atoms with Crippen LogP contribution in [0.1, 0.15) is 33.1 Å². The summed E-state index contributed by atoms with van der Waals surface area (Å²) in [5.41, 5.74) is 1.55. The standard InChI is InChI=1S/C29H30F2N2O6S/c1-18(2)28(35)29(30,31)39-19-14-16-20(17-15-19)40(36,37)32-21-8-7-11-24(27(21)34)33-22-9-3-5-12-25(22)38-26-13-6-4-10-23(26)33/h3-6,9-10,12-18,21,24,27,32,34H,7-8,11H2,1-2H3/t21?,24?,27-/m0/s1. The molecule has 2 aliphatic rings. The number of nitrogens with one attached hydrogen (secondary N) is 1. The summed E-state index contributed by atoms with van der Waals surface area (Å²) in [7, 11) is -4.12. The van der Waals surface area contributed by atoms with E-state index in [2.05, 4.69) is 9.46 Å². The van der Waals surface area contributed by atoms with Gasteiger partial charge in [-0.1, -0.05) is 38.1 Å². The number of benzene rings is 3. The molecule has 2 N–H and O–H groups in total. The van der Waals surface area contributed by atoms with E-state index in [1.54, 1.807) is 0 Å². The Morgan fingerprint density at radius 1 is 1.00 bits per heavy atom. The first kappa shape index (κ1) is 28.0. The molecule has 1 fully saturated rings.